The van der Waals surface area contributed by atoms with E-state index in [4.69, 9.17) is 21.8 Å². The zero-order chi connectivity index (χ0) is 9.56. The minimum atomic E-state index is -0.882. The zero-order valence-electron chi connectivity index (χ0n) is 6.41. The lowest BCUT2D eigenvalue weighted by atomic mass is 10.3. The number of alkyl halides is 2. The third-order valence-corrected chi connectivity index (χ3v) is 2.31. The number of aliphatic hydroxyl groups excluding tert-OH is 2. The van der Waals surface area contributed by atoms with E-state index < -0.39 is 6.10 Å². The Kier molecular flexibility index (Phi) is 7.11. The van der Waals surface area contributed by atoms with Crippen LogP contribution in [0.3, 0.4) is 0 Å². The number of carbonyl (C=O) groups is 1. The van der Waals surface area contributed by atoms with Crippen LogP contribution >= 0.6 is 34.2 Å². The van der Waals surface area contributed by atoms with Gasteiger partial charge in [-0.15, -0.1) is 11.6 Å². The molecule has 0 fully saturated rings. The second-order valence-corrected chi connectivity index (χ2v) is 3.16. The normalized spacial score (nSPS) is 12.7. The van der Waals surface area contributed by atoms with Crippen molar-refractivity contribution in [2.75, 3.05) is 23.6 Å². The highest BCUT2D eigenvalue weighted by molar-refractivity contribution is 14.1. The summed E-state index contributed by atoms with van der Waals surface area (Å²) >= 11 is 7.30. The average molecular weight is 308 g/mol. The highest BCUT2D eigenvalue weighted by Gasteiger charge is 2.14. The van der Waals surface area contributed by atoms with Crippen LogP contribution in [0.4, 0.5) is 0 Å². The van der Waals surface area contributed by atoms with Crippen LogP contribution in [-0.4, -0.2) is 50.7 Å². The molecule has 1 amide bonds. The number of amides is 1. The molecule has 0 aromatic rings. The van der Waals surface area contributed by atoms with E-state index in [0.717, 1.165) is 0 Å². The number of halogens is 2. The van der Waals surface area contributed by atoms with Gasteiger partial charge in [-0.05, 0) is 0 Å². The summed E-state index contributed by atoms with van der Waals surface area (Å²) in [6, 6.07) is 0. The molecule has 0 rings (SSSR count). The number of rotatable bonds is 5. The van der Waals surface area contributed by atoms with Gasteiger partial charge in [0.25, 0.3) is 0 Å². The fourth-order valence-electron chi connectivity index (χ4n) is 0.614. The molecular weight excluding hydrogens is 296 g/mol. The van der Waals surface area contributed by atoms with Crippen LogP contribution in [-0.2, 0) is 4.79 Å². The smallest absolute Gasteiger partial charge is 0.238 e. The molecule has 0 unspecified atom stereocenters. The van der Waals surface area contributed by atoms with Crippen molar-refractivity contribution < 1.29 is 15.0 Å². The highest BCUT2D eigenvalue weighted by atomic mass is 127. The van der Waals surface area contributed by atoms with Gasteiger partial charge < -0.3 is 15.1 Å². The molecule has 0 bridgehead atoms. The monoisotopic (exact) mass is 307 g/mol. The van der Waals surface area contributed by atoms with E-state index in [-0.39, 0.29) is 24.9 Å². The maximum Gasteiger partial charge on any atom is 0.238 e. The van der Waals surface area contributed by atoms with Crippen molar-refractivity contribution in [2.24, 2.45) is 0 Å². The van der Waals surface area contributed by atoms with Gasteiger partial charge in [-0.2, -0.15) is 0 Å². The second-order valence-electron chi connectivity index (χ2n) is 2.21. The quantitative estimate of drug-likeness (QED) is 0.420. The van der Waals surface area contributed by atoms with Crippen LogP contribution in [0.5, 0.6) is 0 Å². The summed E-state index contributed by atoms with van der Waals surface area (Å²) in [6.07, 6.45) is -0.882. The first-order valence-electron chi connectivity index (χ1n) is 3.34. The highest BCUT2D eigenvalue weighted by Crippen LogP contribution is 1.99. The maximum absolute atomic E-state index is 11.0. The number of aliphatic hydroxyl groups is 2. The van der Waals surface area contributed by atoms with Gasteiger partial charge in [0.1, 0.15) is 5.88 Å². The summed E-state index contributed by atoms with van der Waals surface area (Å²) in [5.74, 6) is -0.334. The molecule has 1 atom stereocenters. The molecule has 0 aliphatic rings. The number of hydrogen-bond donors (Lipinski definition) is 2. The predicted octanol–water partition coefficient (Wildman–Crippen LogP) is -0.200. The van der Waals surface area contributed by atoms with Crippen molar-refractivity contribution in [1.82, 2.24) is 4.90 Å². The fourth-order valence-corrected chi connectivity index (χ4v) is 1.44. The van der Waals surface area contributed by atoms with E-state index in [9.17, 15) is 4.79 Å². The summed E-state index contributed by atoms with van der Waals surface area (Å²) in [7, 11) is 0. The molecule has 0 aliphatic carbocycles. The molecule has 4 nitrogen and oxygen atoms in total. The number of hydrogen-bond acceptors (Lipinski definition) is 3. The Hall–Kier alpha value is 0.410. The van der Waals surface area contributed by atoms with Crippen LogP contribution in [0, 0.1) is 0 Å². The zero-order valence-corrected chi connectivity index (χ0v) is 9.33. The fraction of sp³-hybridized carbons (Fsp3) is 0.833. The van der Waals surface area contributed by atoms with Crippen LogP contribution < -0.4 is 0 Å². The Morgan fingerprint density at radius 3 is 2.58 bits per heavy atom. The lowest BCUT2D eigenvalue weighted by molar-refractivity contribution is -0.128. The molecule has 0 heterocycles. The van der Waals surface area contributed by atoms with Gasteiger partial charge >= 0.3 is 0 Å². The van der Waals surface area contributed by atoms with Crippen molar-refractivity contribution in [3.8, 4) is 0 Å². The van der Waals surface area contributed by atoms with Gasteiger partial charge in [0.2, 0.25) is 5.91 Å². The van der Waals surface area contributed by atoms with Crippen LogP contribution in [0.15, 0.2) is 0 Å². The van der Waals surface area contributed by atoms with Crippen molar-refractivity contribution in [3.05, 3.63) is 0 Å². The van der Waals surface area contributed by atoms with E-state index in [2.05, 4.69) is 0 Å². The first-order chi connectivity index (χ1) is 5.65. The van der Waals surface area contributed by atoms with E-state index in [1.807, 2.05) is 22.6 Å². The molecule has 0 radical (unpaired) electrons. The minimum absolute atomic E-state index is 0.0961. The SMILES string of the molecule is O=C(CCl)N(CI)C[C@H](O)CO. The van der Waals surface area contributed by atoms with Crippen molar-refractivity contribution >= 4 is 40.1 Å². The van der Waals surface area contributed by atoms with E-state index >= 15 is 0 Å². The van der Waals surface area contributed by atoms with Gasteiger partial charge in [0.05, 0.1) is 17.3 Å². The van der Waals surface area contributed by atoms with Crippen molar-refractivity contribution in [2.45, 2.75) is 6.10 Å². The molecule has 0 aliphatic heterocycles. The van der Waals surface area contributed by atoms with Crippen LogP contribution in [0.25, 0.3) is 0 Å². The Morgan fingerprint density at radius 2 is 2.25 bits per heavy atom. The molecule has 0 aromatic heterocycles. The summed E-state index contributed by atoms with van der Waals surface area (Å²) in [4.78, 5) is 12.4. The van der Waals surface area contributed by atoms with Gasteiger partial charge in [0.15, 0.2) is 0 Å². The van der Waals surface area contributed by atoms with Gasteiger partial charge in [-0.3, -0.25) is 4.79 Å². The molecule has 2 N–H and O–H groups in total. The summed E-state index contributed by atoms with van der Waals surface area (Å²) < 4.78 is 0.459. The first-order valence-corrected chi connectivity index (χ1v) is 5.40. The second kappa shape index (κ2) is 6.88. The minimum Gasteiger partial charge on any atom is -0.394 e. The van der Waals surface area contributed by atoms with Crippen LogP contribution in [0.2, 0.25) is 0 Å². The Bertz CT molecular complexity index is 147. The Balaban J connectivity index is 3.90. The molecule has 0 aromatic carbocycles. The summed E-state index contributed by atoms with van der Waals surface area (Å²) in [5.41, 5.74) is 0. The van der Waals surface area contributed by atoms with Gasteiger partial charge in [0, 0.05) is 6.54 Å². The Labute approximate surface area is 89.6 Å². The largest absolute Gasteiger partial charge is 0.394 e. The topological polar surface area (TPSA) is 60.8 Å². The van der Waals surface area contributed by atoms with Gasteiger partial charge in [-0.25, -0.2) is 0 Å². The standard InChI is InChI=1S/C6H11ClINO3/c7-1-6(12)9(4-8)2-5(11)3-10/h5,10-11H,1-4H2/t5-/m0/s1. The van der Waals surface area contributed by atoms with Gasteiger partial charge in [-0.1, -0.05) is 22.6 Å². The maximum atomic E-state index is 11.0. The van der Waals surface area contributed by atoms with E-state index in [1.165, 1.54) is 4.90 Å². The van der Waals surface area contributed by atoms with E-state index in [1.54, 1.807) is 0 Å². The van der Waals surface area contributed by atoms with Crippen molar-refractivity contribution in [1.29, 1.82) is 0 Å². The number of nitrogens with zero attached hydrogens (tertiary/aromatic N) is 1. The van der Waals surface area contributed by atoms with Crippen LogP contribution in [0.1, 0.15) is 0 Å². The molecule has 6 heteroatoms. The lowest BCUT2D eigenvalue weighted by Crippen LogP contribution is -2.38. The third-order valence-electron chi connectivity index (χ3n) is 1.25. The summed E-state index contributed by atoms with van der Waals surface area (Å²) in [5, 5.41) is 17.5. The Morgan fingerprint density at radius 1 is 1.67 bits per heavy atom. The molecule has 12 heavy (non-hydrogen) atoms. The predicted molar refractivity (Wildman–Crippen MR) is 54.4 cm³/mol. The number of carbonyl (C=O) groups excluding carboxylic acids is 1. The van der Waals surface area contributed by atoms with Crippen molar-refractivity contribution in [3.63, 3.8) is 0 Å². The molecule has 0 spiro atoms. The molecular formula is C6H11ClINO3. The average Bonchev–Trinajstić information content (AvgIpc) is 2.12. The lowest BCUT2D eigenvalue weighted by Gasteiger charge is -2.20. The molecule has 0 saturated carbocycles. The first kappa shape index (κ1) is 12.4. The van der Waals surface area contributed by atoms with E-state index in [0.29, 0.717) is 4.55 Å². The third kappa shape index (κ3) is 4.44. The summed E-state index contributed by atoms with van der Waals surface area (Å²) in [6.45, 7) is -0.215. The molecule has 72 valence electrons. The molecule has 0 saturated heterocycles.